The predicted octanol–water partition coefficient (Wildman–Crippen LogP) is 9.58. The van der Waals surface area contributed by atoms with Crippen LogP contribution >= 0.6 is 0 Å². The van der Waals surface area contributed by atoms with Crippen LogP contribution in [0.25, 0.3) is 22.3 Å². The molecule has 0 aliphatic heterocycles. The van der Waals surface area contributed by atoms with Crippen molar-refractivity contribution in [2.24, 2.45) is 9.98 Å². The van der Waals surface area contributed by atoms with Gasteiger partial charge in [0.2, 0.25) is 0 Å². The number of rotatable bonds is 4. The first-order chi connectivity index (χ1) is 22.0. The largest absolute Gasteiger partial charge is 0.287 e. The lowest BCUT2D eigenvalue weighted by Gasteiger charge is -2.31. The van der Waals surface area contributed by atoms with Gasteiger partial charge in [-0.1, -0.05) is 132 Å². The molecule has 0 bridgehead atoms. The van der Waals surface area contributed by atoms with Gasteiger partial charge in [0.25, 0.3) is 0 Å². The Hall–Kier alpha value is -5.34. The highest BCUT2D eigenvalue weighted by atomic mass is 14.7. The average Bonchev–Trinajstić information content (AvgIpc) is 3.54. The molecular formula is C43H34N2. The molecule has 216 valence electrons. The van der Waals surface area contributed by atoms with E-state index in [0.717, 1.165) is 33.7 Å². The molecule has 2 nitrogen and oxygen atoms in total. The van der Waals surface area contributed by atoms with Gasteiger partial charge in [-0.05, 0) is 70.5 Å². The fourth-order valence-corrected chi connectivity index (χ4v) is 7.71. The maximum atomic E-state index is 4.83. The summed E-state index contributed by atoms with van der Waals surface area (Å²) < 4.78 is 0. The Labute approximate surface area is 265 Å². The normalized spacial score (nSPS) is 16.4. The van der Waals surface area contributed by atoms with Crippen LogP contribution in [-0.4, -0.2) is 25.5 Å². The summed E-state index contributed by atoms with van der Waals surface area (Å²) in [6.45, 7) is 4.25. The third-order valence-corrected chi connectivity index (χ3v) is 9.73. The zero-order valence-electron chi connectivity index (χ0n) is 26.1. The number of aliphatic imine (C=N–C) groups is 2. The smallest absolute Gasteiger partial charge is 0.0725 e. The first-order valence-corrected chi connectivity index (χ1v) is 15.6. The van der Waals surface area contributed by atoms with Crippen LogP contribution in [0.2, 0.25) is 0 Å². The van der Waals surface area contributed by atoms with Crippen LogP contribution in [0.5, 0.6) is 0 Å². The molecule has 0 heterocycles. The molecule has 0 radical (unpaired) electrons. The fraction of sp³-hybridized carbons (Fsp3) is 0.116. The summed E-state index contributed by atoms with van der Waals surface area (Å²) in [4.78, 5) is 9.65. The molecule has 0 N–H and O–H groups in total. The van der Waals surface area contributed by atoms with Gasteiger partial charge in [0, 0.05) is 36.3 Å². The van der Waals surface area contributed by atoms with E-state index in [2.05, 4.69) is 147 Å². The molecule has 6 aromatic rings. The van der Waals surface area contributed by atoms with E-state index in [1.54, 1.807) is 0 Å². The van der Waals surface area contributed by atoms with Gasteiger partial charge in [0.05, 0.1) is 16.8 Å². The minimum atomic E-state index is -0.456. The number of hydrogen-bond acceptors (Lipinski definition) is 2. The number of fused-ring (bicyclic) bond motifs is 10. The summed E-state index contributed by atoms with van der Waals surface area (Å²) in [5.41, 5.74) is 19.0. The van der Waals surface area contributed by atoms with E-state index in [1.807, 2.05) is 14.1 Å². The Balaban J connectivity index is 1.41. The van der Waals surface area contributed by atoms with Gasteiger partial charge in [-0.3, -0.25) is 9.98 Å². The van der Waals surface area contributed by atoms with Crippen LogP contribution in [0.15, 0.2) is 143 Å². The van der Waals surface area contributed by atoms with Gasteiger partial charge in [0.1, 0.15) is 0 Å². The lowest BCUT2D eigenvalue weighted by Crippen LogP contribution is -2.26. The molecule has 2 aliphatic carbocycles. The zero-order chi connectivity index (χ0) is 30.7. The molecule has 1 spiro atoms. The first kappa shape index (κ1) is 27.2. The number of hydrogen-bond donors (Lipinski definition) is 0. The summed E-state index contributed by atoms with van der Waals surface area (Å²) in [6.07, 6.45) is 0. The lowest BCUT2D eigenvalue weighted by atomic mass is 9.70. The van der Waals surface area contributed by atoms with Crippen molar-refractivity contribution in [3.8, 4) is 22.3 Å². The predicted molar refractivity (Wildman–Crippen MR) is 188 cm³/mol. The third-order valence-electron chi connectivity index (χ3n) is 9.73. The van der Waals surface area contributed by atoms with Crippen molar-refractivity contribution in [2.75, 3.05) is 14.1 Å². The quantitative estimate of drug-likeness (QED) is 0.186. The minimum absolute atomic E-state index is 0.456. The van der Waals surface area contributed by atoms with Gasteiger partial charge in [0.15, 0.2) is 0 Å². The molecule has 0 unspecified atom stereocenters. The summed E-state index contributed by atoms with van der Waals surface area (Å²) in [5.74, 6) is 0. The van der Waals surface area contributed by atoms with E-state index >= 15 is 0 Å². The molecular weight excluding hydrogens is 544 g/mol. The Morgan fingerprint density at radius 3 is 1.16 bits per heavy atom. The van der Waals surface area contributed by atoms with Gasteiger partial charge in [-0.15, -0.1) is 0 Å². The fourth-order valence-electron chi connectivity index (χ4n) is 7.71. The van der Waals surface area contributed by atoms with Crippen LogP contribution in [0, 0.1) is 13.8 Å². The van der Waals surface area contributed by atoms with E-state index < -0.39 is 5.41 Å². The van der Waals surface area contributed by atoms with E-state index in [4.69, 9.17) is 9.98 Å². The van der Waals surface area contributed by atoms with Crippen molar-refractivity contribution < 1.29 is 0 Å². The maximum Gasteiger partial charge on any atom is 0.0725 e. The molecule has 6 aromatic carbocycles. The van der Waals surface area contributed by atoms with E-state index in [1.165, 1.54) is 55.6 Å². The van der Waals surface area contributed by atoms with Crippen molar-refractivity contribution in [1.82, 2.24) is 0 Å². The van der Waals surface area contributed by atoms with E-state index in [0.29, 0.717) is 0 Å². The maximum absolute atomic E-state index is 4.83. The third kappa shape index (κ3) is 3.95. The second-order valence-electron chi connectivity index (χ2n) is 12.2. The molecule has 0 fully saturated rings. The summed E-state index contributed by atoms with van der Waals surface area (Å²) >= 11 is 0. The SMILES string of the molecule is CN=C(c1ccc(C)cc1)c1ccc2c(c1)C1(c3ccccc3-2)c2ccccc2-c2ccc(C(=NC)c3ccc(C)cc3)cc21. The van der Waals surface area contributed by atoms with Gasteiger partial charge >= 0.3 is 0 Å². The van der Waals surface area contributed by atoms with Crippen LogP contribution in [0.4, 0.5) is 0 Å². The second kappa shape index (κ2) is 10.4. The zero-order valence-corrected chi connectivity index (χ0v) is 26.1. The number of benzene rings is 6. The summed E-state index contributed by atoms with van der Waals surface area (Å²) in [7, 11) is 3.80. The van der Waals surface area contributed by atoms with Crippen molar-refractivity contribution in [3.05, 3.63) is 189 Å². The van der Waals surface area contributed by atoms with E-state index in [9.17, 15) is 0 Å². The Morgan fingerprint density at radius 1 is 0.400 bits per heavy atom. The van der Waals surface area contributed by atoms with Crippen molar-refractivity contribution in [2.45, 2.75) is 19.3 Å². The van der Waals surface area contributed by atoms with Gasteiger partial charge in [-0.25, -0.2) is 0 Å². The highest BCUT2D eigenvalue weighted by molar-refractivity contribution is 6.15. The summed E-state index contributed by atoms with van der Waals surface area (Å²) in [6, 6.07) is 49.2. The van der Waals surface area contributed by atoms with Crippen molar-refractivity contribution in [3.63, 3.8) is 0 Å². The highest BCUT2D eigenvalue weighted by Gasteiger charge is 2.51. The first-order valence-electron chi connectivity index (χ1n) is 15.6. The van der Waals surface area contributed by atoms with Gasteiger partial charge in [-0.2, -0.15) is 0 Å². The van der Waals surface area contributed by atoms with Crippen LogP contribution < -0.4 is 0 Å². The average molecular weight is 579 g/mol. The lowest BCUT2D eigenvalue weighted by molar-refractivity contribution is 0.793. The minimum Gasteiger partial charge on any atom is -0.287 e. The Bertz CT molecular complexity index is 2020. The van der Waals surface area contributed by atoms with Crippen LogP contribution in [0.1, 0.15) is 55.6 Å². The second-order valence-corrected chi connectivity index (χ2v) is 12.2. The molecule has 0 saturated carbocycles. The molecule has 8 rings (SSSR count). The molecule has 2 aliphatic rings. The Morgan fingerprint density at radius 2 is 0.756 bits per heavy atom. The molecule has 2 heteroatoms. The molecule has 0 amide bonds. The van der Waals surface area contributed by atoms with E-state index in [-0.39, 0.29) is 0 Å². The molecule has 0 atom stereocenters. The van der Waals surface area contributed by atoms with Crippen molar-refractivity contribution >= 4 is 11.4 Å². The number of aryl methyl sites for hydroxylation is 2. The van der Waals surface area contributed by atoms with Crippen molar-refractivity contribution in [1.29, 1.82) is 0 Å². The number of nitrogens with zero attached hydrogens (tertiary/aromatic N) is 2. The molecule has 45 heavy (non-hydrogen) atoms. The Kier molecular flexibility index (Phi) is 6.28. The monoisotopic (exact) mass is 578 g/mol. The molecule has 0 aromatic heterocycles. The van der Waals surface area contributed by atoms with Crippen LogP contribution in [0.3, 0.4) is 0 Å². The van der Waals surface area contributed by atoms with Crippen LogP contribution in [-0.2, 0) is 5.41 Å². The topological polar surface area (TPSA) is 24.7 Å². The molecule has 0 saturated heterocycles. The standard InChI is InChI=1S/C43H34N2/c1-27-13-17-29(18-14-27)41(44-3)31-21-23-35-33-9-5-7-11-37(33)43(39(35)25-31)38-12-8-6-10-34(38)36-24-22-32(26-40(36)43)42(45-4)30-19-15-28(2)16-20-30/h5-26H,1-4H3. The van der Waals surface area contributed by atoms with Gasteiger partial charge < -0.3 is 0 Å². The summed E-state index contributed by atoms with van der Waals surface area (Å²) in [5, 5.41) is 0. The highest BCUT2D eigenvalue weighted by Crippen LogP contribution is 2.63.